The molecule has 198 valence electrons. The fraction of sp³-hybridized carbons (Fsp3) is 0.286. The average Bonchev–Trinajstić information content (AvgIpc) is 3.70. The molecule has 1 saturated carbocycles. The van der Waals surface area contributed by atoms with E-state index in [-0.39, 0.29) is 18.3 Å². The Morgan fingerprint density at radius 1 is 1.00 bits per heavy atom. The number of fused-ring (bicyclic) bond motifs is 1. The Hall–Kier alpha value is -4.08. The van der Waals surface area contributed by atoms with Gasteiger partial charge in [-0.25, -0.2) is 22.4 Å². The molecule has 10 heteroatoms. The summed E-state index contributed by atoms with van der Waals surface area (Å²) in [6.45, 7) is 0.359. The van der Waals surface area contributed by atoms with Gasteiger partial charge < -0.3 is 19.9 Å². The second-order valence-corrected chi connectivity index (χ2v) is 9.28. The van der Waals surface area contributed by atoms with Crippen LogP contribution in [-0.4, -0.2) is 35.7 Å². The van der Waals surface area contributed by atoms with Gasteiger partial charge in [-0.15, -0.1) is 0 Å². The van der Waals surface area contributed by atoms with Crippen LogP contribution in [0.4, 0.5) is 17.6 Å². The minimum atomic E-state index is -1.50. The Labute approximate surface area is 215 Å². The Bertz CT molecular complexity index is 1400. The molecule has 3 aromatic rings. The van der Waals surface area contributed by atoms with Crippen molar-refractivity contribution in [2.24, 2.45) is 0 Å². The molecular weight excluding hydrogens is 506 g/mol. The molecule has 1 fully saturated rings. The number of carbonyl (C=O) groups is 2. The van der Waals surface area contributed by atoms with Crippen molar-refractivity contribution < 1.29 is 41.7 Å². The molecule has 6 nitrogen and oxygen atoms in total. The normalized spacial score (nSPS) is 15.3. The summed E-state index contributed by atoms with van der Waals surface area (Å²) in [4.78, 5) is 24.5. The Morgan fingerprint density at radius 3 is 2.39 bits per heavy atom. The minimum Gasteiger partial charge on any atom is -0.493 e. The SMILES string of the molecule is O=C(N[C@@H](Cc1ccc(-c2cc(F)c(F)cc2OC2CC2)c2c1CCCO2)C(=O)O)c1c(F)cccc1F. The molecule has 38 heavy (non-hydrogen) atoms. The zero-order chi connectivity index (χ0) is 27.0. The number of hydrogen-bond acceptors (Lipinski definition) is 4. The summed E-state index contributed by atoms with van der Waals surface area (Å²) >= 11 is 0. The lowest BCUT2D eigenvalue weighted by atomic mass is 9.90. The zero-order valence-corrected chi connectivity index (χ0v) is 20.0. The van der Waals surface area contributed by atoms with Crippen LogP contribution < -0.4 is 14.8 Å². The van der Waals surface area contributed by atoms with E-state index < -0.39 is 46.8 Å². The predicted octanol–water partition coefficient (Wildman–Crippen LogP) is 5.20. The van der Waals surface area contributed by atoms with Crippen LogP contribution in [0.1, 0.15) is 40.7 Å². The molecule has 2 N–H and O–H groups in total. The number of hydrogen-bond donors (Lipinski definition) is 2. The number of carboxylic acids is 1. The van der Waals surface area contributed by atoms with Gasteiger partial charge in [0.2, 0.25) is 0 Å². The van der Waals surface area contributed by atoms with Crippen LogP contribution in [0, 0.1) is 23.3 Å². The van der Waals surface area contributed by atoms with Crippen LogP contribution in [0.3, 0.4) is 0 Å². The lowest BCUT2D eigenvalue weighted by Gasteiger charge is -2.25. The van der Waals surface area contributed by atoms with Gasteiger partial charge >= 0.3 is 5.97 Å². The first-order valence-corrected chi connectivity index (χ1v) is 12.1. The number of aliphatic carboxylic acids is 1. The molecule has 0 aromatic heterocycles. The molecule has 0 bridgehead atoms. The Balaban J connectivity index is 1.49. The third-order valence-corrected chi connectivity index (χ3v) is 6.52. The molecule has 1 amide bonds. The first-order valence-electron chi connectivity index (χ1n) is 12.1. The third-order valence-electron chi connectivity index (χ3n) is 6.52. The fourth-order valence-electron chi connectivity index (χ4n) is 4.50. The molecule has 0 radical (unpaired) electrons. The zero-order valence-electron chi connectivity index (χ0n) is 20.0. The number of ether oxygens (including phenoxy) is 2. The molecule has 1 atom stereocenters. The van der Waals surface area contributed by atoms with Crippen LogP contribution in [0.5, 0.6) is 11.5 Å². The maximum Gasteiger partial charge on any atom is 0.326 e. The number of carboxylic acid groups (broad SMARTS) is 1. The van der Waals surface area contributed by atoms with E-state index in [1.165, 1.54) is 0 Å². The Morgan fingerprint density at radius 2 is 1.71 bits per heavy atom. The molecule has 5 rings (SSSR count). The van der Waals surface area contributed by atoms with Gasteiger partial charge in [-0.1, -0.05) is 18.2 Å². The molecule has 1 aliphatic carbocycles. The lowest BCUT2D eigenvalue weighted by Crippen LogP contribution is -2.43. The third kappa shape index (κ3) is 5.16. The molecule has 2 aliphatic rings. The first-order chi connectivity index (χ1) is 18.2. The van der Waals surface area contributed by atoms with E-state index >= 15 is 0 Å². The van der Waals surface area contributed by atoms with Gasteiger partial charge in [-0.3, -0.25) is 4.79 Å². The van der Waals surface area contributed by atoms with Crippen molar-refractivity contribution in [3.05, 3.63) is 82.4 Å². The number of carbonyl (C=O) groups excluding carboxylic acids is 1. The number of nitrogens with one attached hydrogen (secondary N) is 1. The van der Waals surface area contributed by atoms with E-state index in [1.54, 1.807) is 12.1 Å². The van der Waals surface area contributed by atoms with Crippen LogP contribution in [-0.2, 0) is 17.6 Å². The highest BCUT2D eigenvalue weighted by molar-refractivity contribution is 5.97. The largest absolute Gasteiger partial charge is 0.493 e. The number of amides is 1. The maximum absolute atomic E-state index is 14.3. The standard InChI is InChI=1S/C28H23F4NO5/c29-19-4-1-5-20(30)25(19)27(34)33-23(28(35)36)11-14-6-9-17(26-16(14)3-2-10-37-26)18-12-21(31)22(32)13-24(18)38-15-7-8-15/h1,4-6,9,12-13,15,23H,2-3,7-8,10-11H2,(H,33,34)(H,35,36)/t23-/m0/s1. The van der Waals surface area contributed by atoms with Crippen molar-refractivity contribution in [3.63, 3.8) is 0 Å². The highest BCUT2D eigenvalue weighted by Gasteiger charge is 2.30. The molecular formula is C28H23F4NO5. The molecule has 0 spiro atoms. The summed E-state index contributed by atoms with van der Waals surface area (Å²) in [6, 6.07) is 6.67. The molecule has 3 aromatic carbocycles. The molecule has 0 saturated heterocycles. The maximum atomic E-state index is 14.3. The van der Waals surface area contributed by atoms with Gasteiger partial charge in [0.1, 0.15) is 34.7 Å². The quantitative estimate of drug-likeness (QED) is 0.392. The smallest absolute Gasteiger partial charge is 0.326 e. The van der Waals surface area contributed by atoms with E-state index in [2.05, 4.69) is 5.32 Å². The summed E-state index contributed by atoms with van der Waals surface area (Å²) in [6.07, 6.45) is 2.47. The summed E-state index contributed by atoms with van der Waals surface area (Å²) in [5, 5.41) is 12.0. The Kier molecular flexibility index (Phi) is 6.96. The molecule has 1 aliphatic heterocycles. The number of rotatable bonds is 8. The predicted molar refractivity (Wildman–Crippen MR) is 128 cm³/mol. The van der Waals surface area contributed by atoms with E-state index in [1.807, 2.05) is 0 Å². The van der Waals surface area contributed by atoms with Crippen molar-refractivity contribution in [2.75, 3.05) is 6.61 Å². The van der Waals surface area contributed by atoms with Gasteiger partial charge in [0.05, 0.1) is 12.7 Å². The van der Waals surface area contributed by atoms with Gasteiger partial charge in [0.15, 0.2) is 11.6 Å². The topological polar surface area (TPSA) is 84.9 Å². The lowest BCUT2D eigenvalue weighted by molar-refractivity contribution is -0.139. The summed E-state index contributed by atoms with van der Waals surface area (Å²) in [7, 11) is 0. The van der Waals surface area contributed by atoms with Crippen molar-refractivity contribution >= 4 is 11.9 Å². The average molecular weight is 529 g/mol. The second-order valence-electron chi connectivity index (χ2n) is 9.28. The highest BCUT2D eigenvalue weighted by atomic mass is 19.2. The fourth-order valence-corrected chi connectivity index (χ4v) is 4.50. The van der Waals surface area contributed by atoms with Crippen LogP contribution in [0.25, 0.3) is 11.1 Å². The van der Waals surface area contributed by atoms with Crippen molar-refractivity contribution in [3.8, 4) is 22.6 Å². The highest BCUT2D eigenvalue weighted by Crippen LogP contribution is 2.44. The van der Waals surface area contributed by atoms with Crippen LogP contribution >= 0.6 is 0 Å². The van der Waals surface area contributed by atoms with Gasteiger partial charge in [0.25, 0.3) is 5.91 Å². The second kappa shape index (κ2) is 10.4. The van der Waals surface area contributed by atoms with E-state index in [9.17, 15) is 32.3 Å². The molecule has 1 heterocycles. The summed E-state index contributed by atoms with van der Waals surface area (Å²) < 4.78 is 68.1. The van der Waals surface area contributed by atoms with Crippen molar-refractivity contribution in [1.29, 1.82) is 0 Å². The first kappa shape index (κ1) is 25.6. The van der Waals surface area contributed by atoms with E-state index in [0.717, 1.165) is 43.2 Å². The summed E-state index contributed by atoms with van der Waals surface area (Å²) in [5.41, 5.74) is 1.06. The monoisotopic (exact) mass is 529 g/mol. The van der Waals surface area contributed by atoms with E-state index in [0.29, 0.717) is 47.5 Å². The minimum absolute atomic E-state index is 0.0751. The number of benzene rings is 3. The van der Waals surface area contributed by atoms with Gasteiger partial charge in [-0.05, 0) is 55.0 Å². The molecule has 0 unspecified atom stereocenters. The summed E-state index contributed by atoms with van der Waals surface area (Å²) in [5.74, 6) is -6.35. The van der Waals surface area contributed by atoms with Crippen LogP contribution in [0.2, 0.25) is 0 Å². The van der Waals surface area contributed by atoms with Gasteiger partial charge in [0, 0.05) is 23.6 Å². The van der Waals surface area contributed by atoms with Gasteiger partial charge in [-0.2, -0.15) is 0 Å². The van der Waals surface area contributed by atoms with E-state index in [4.69, 9.17) is 9.47 Å². The van der Waals surface area contributed by atoms with Crippen molar-refractivity contribution in [1.82, 2.24) is 5.32 Å². The number of halogens is 4. The van der Waals surface area contributed by atoms with Crippen LogP contribution in [0.15, 0.2) is 42.5 Å². The van der Waals surface area contributed by atoms with Crippen molar-refractivity contribution in [2.45, 2.75) is 44.2 Å².